The predicted molar refractivity (Wildman–Crippen MR) is 93.3 cm³/mol. The summed E-state index contributed by atoms with van der Waals surface area (Å²) >= 11 is 0. The van der Waals surface area contributed by atoms with Gasteiger partial charge in [0.2, 0.25) is 0 Å². The van der Waals surface area contributed by atoms with E-state index in [1.54, 1.807) is 7.11 Å². The summed E-state index contributed by atoms with van der Waals surface area (Å²) in [5.41, 5.74) is 3.98. The molecule has 1 aliphatic rings. The summed E-state index contributed by atoms with van der Waals surface area (Å²) in [5, 5.41) is 3.62. The summed E-state index contributed by atoms with van der Waals surface area (Å²) in [6.07, 6.45) is 1.04. The van der Waals surface area contributed by atoms with Crippen LogP contribution in [0.4, 0.5) is 0 Å². The van der Waals surface area contributed by atoms with E-state index >= 15 is 0 Å². The van der Waals surface area contributed by atoms with Gasteiger partial charge in [-0.2, -0.15) is 0 Å². The van der Waals surface area contributed by atoms with Crippen LogP contribution in [0.5, 0.6) is 11.5 Å². The van der Waals surface area contributed by atoms with Gasteiger partial charge in [-0.3, -0.25) is 0 Å². The van der Waals surface area contributed by atoms with Crippen molar-refractivity contribution >= 4 is 0 Å². The molecule has 3 nitrogen and oxygen atoms in total. The number of hydrogen-bond acceptors (Lipinski definition) is 3. The lowest BCUT2D eigenvalue weighted by Gasteiger charge is -2.28. The largest absolute Gasteiger partial charge is 0.497 e. The summed E-state index contributed by atoms with van der Waals surface area (Å²) in [5.74, 6) is 2.41. The Morgan fingerprint density at radius 2 is 1.83 bits per heavy atom. The molecule has 0 aromatic heterocycles. The van der Waals surface area contributed by atoms with Crippen molar-refractivity contribution in [2.24, 2.45) is 5.92 Å². The molecule has 2 aromatic carbocycles. The summed E-state index contributed by atoms with van der Waals surface area (Å²) in [6, 6.07) is 15.1. The summed E-state index contributed by atoms with van der Waals surface area (Å²) in [4.78, 5) is 0. The van der Waals surface area contributed by atoms with E-state index < -0.39 is 0 Å². The fourth-order valence-electron chi connectivity index (χ4n) is 2.99. The fourth-order valence-corrected chi connectivity index (χ4v) is 2.99. The minimum Gasteiger partial charge on any atom is -0.497 e. The Morgan fingerprint density at radius 1 is 1.09 bits per heavy atom. The van der Waals surface area contributed by atoms with Crippen molar-refractivity contribution in [3.8, 4) is 11.5 Å². The quantitative estimate of drug-likeness (QED) is 0.906. The van der Waals surface area contributed by atoms with Crippen LogP contribution >= 0.6 is 0 Å². The first-order chi connectivity index (χ1) is 11.2. The molecule has 3 rings (SSSR count). The lowest BCUT2D eigenvalue weighted by atomic mass is 9.90. The van der Waals surface area contributed by atoms with E-state index in [9.17, 15) is 0 Å². The first-order valence-corrected chi connectivity index (χ1v) is 8.30. The zero-order valence-electron chi connectivity index (χ0n) is 14.1. The summed E-state index contributed by atoms with van der Waals surface area (Å²) in [7, 11) is 1.72. The minimum absolute atomic E-state index is 0.240. The van der Waals surface area contributed by atoms with E-state index in [1.165, 1.54) is 16.7 Å². The molecule has 0 saturated heterocycles. The van der Waals surface area contributed by atoms with Gasteiger partial charge in [-0.05, 0) is 53.3 Å². The Morgan fingerprint density at radius 3 is 2.52 bits per heavy atom. The van der Waals surface area contributed by atoms with Crippen molar-refractivity contribution in [2.75, 3.05) is 20.3 Å². The molecular weight excluding hydrogens is 286 g/mol. The predicted octanol–water partition coefficient (Wildman–Crippen LogP) is 3.97. The number of rotatable bonds is 5. The molecule has 2 aromatic rings. The van der Waals surface area contributed by atoms with Gasteiger partial charge in [-0.1, -0.05) is 32.0 Å². The monoisotopic (exact) mass is 311 g/mol. The molecule has 0 radical (unpaired) electrons. The fraction of sp³-hybridized carbons (Fsp3) is 0.400. The number of nitrogens with one attached hydrogen (secondary N) is 1. The van der Waals surface area contributed by atoms with Crippen LogP contribution in [0.2, 0.25) is 0 Å². The third-order valence-electron chi connectivity index (χ3n) is 4.20. The van der Waals surface area contributed by atoms with Crippen LogP contribution in [0, 0.1) is 5.92 Å². The normalized spacial score (nSPS) is 17.0. The molecule has 0 amide bonds. The number of ether oxygens (including phenoxy) is 2. The van der Waals surface area contributed by atoms with E-state index in [0.717, 1.165) is 31.1 Å². The second kappa shape index (κ2) is 7.05. The molecule has 0 spiro atoms. The smallest absolute Gasteiger partial charge is 0.119 e. The van der Waals surface area contributed by atoms with Crippen molar-refractivity contribution in [3.63, 3.8) is 0 Å². The van der Waals surface area contributed by atoms with E-state index in [2.05, 4.69) is 55.6 Å². The molecule has 1 heterocycles. The highest BCUT2D eigenvalue weighted by Crippen LogP contribution is 2.31. The molecule has 0 bridgehead atoms. The third-order valence-corrected chi connectivity index (χ3v) is 4.20. The van der Waals surface area contributed by atoms with E-state index in [4.69, 9.17) is 9.47 Å². The first-order valence-electron chi connectivity index (χ1n) is 8.30. The standard InChI is InChI=1S/C20H25NO2/c1-14(2)13-23-17-6-4-15(5-7-17)20-19-9-8-18(22-3)12-16(19)10-11-21-20/h4-9,12,14,20-21H,10-11,13H2,1-3H3. The van der Waals surface area contributed by atoms with Gasteiger partial charge < -0.3 is 14.8 Å². The number of fused-ring (bicyclic) bond motifs is 1. The van der Waals surface area contributed by atoms with E-state index in [-0.39, 0.29) is 6.04 Å². The highest BCUT2D eigenvalue weighted by molar-refractivity contribution is 5.44. The van der Waals surface area contributed by atoms with Crippen molar-refractivity contribution in [3.05, 3.63) is 59.2 Å². The van der Waals surface area contributed by atoms with Crippen molar-refractivity contribution in [2.45, 2.75) is 26.3 Å². The highest BCUT2D eigenvalue weighted by Gasteiger charge is 2.21. The maximum atomic E-state index is 5.77. The van der Waals surface area contributed by atoms with Crippen LogP contribution in [0.15, 0.2) is 42.5 Å². The van der Waals surface area contributed by atoms with Gasteiger partial charge in [-0.15, -0.1) is 0 Å². The molecule has 1 aliphatic heterocycles. The molecule has 0 aliphatic carbocycles. The molecule has 0 fully saturated rings. The number of benzene rings is 2. The maximum Gasteiger partial charge on any atom is 0.119 e. The molecule has 1 atom stereocenters. The summed E-state index contributed by atoms with van der Waals surface area (Å²) in [6.45, 7) is 6.05. The second-order valence-electron chi connectivity index (χ2n) is 6.48. The van der Waals surface area contributed by atoms with Crippen molar-refractivity contribution in [1.29, 1.82) is 0 Å². The minimum atomic E-state index is 0.240. The van der Waals surface area contributed by atoms with Crippen LogP contribution in [0.1, 0.15) is 36.6 Å². The Kier molecular flexibility index (Phi) is 4.87. The average Bonchev–Trinajstić information content (AvgIpc) is 2.59. The lowest BCUT2D eigenvalue weighted by Crippen LogP contribution is -2.30. The van der Waals surface area contributed by atoms with Crippen molar-refractivity contribution < 1.29 is 9.47 Å². The van der Waals surface area contributed by atoms with Gasteiger partial charge in [0.25, 0.3) is 0 Å². The second-order valence-corrected chi connectivity index (χ2v) is 6.48. The Bertz CT molecular complexity index is 649. The summed E-state index contributed by atoms with van der Waals surface area (Å²) < 4.78 is 11.1. The molecule has 3 heteroatoms. The van der Waals surface area contributed by atoms with Gasteiger partial charge in [-0.25, -0.2) is 0 Å². The molecular formula is C20H25NO2. The Balaban J connectivity index is 1.80. The van der Waals surface area contributed by atoms with Gasteiger partial charge in [0, 0.05) is 6.54 Å². The lowest BCUT2D eigenvalue weighted by molar-refractivity contribution is 0.271. The SMILES string of the molecule is COc1ccc2c(c1)CCNC2c1ccc(OCC(C)C)cc1. The molecule has 0 saturated carbocycles. The zero-order valence-corrected chi connectivity index (χ0v) is 14.1. The highest BCUT2D eigenvalue weighted by atomic mass is 16.5. The number of hydrogen-bond donors (Lipinski definition) is 1. The van der Waals surface area contributed by atoms with Gasteiger partial charge in [0.05, 0.1) is 19.8 Å². The zero-order chi connectivity index (χ0) is 16.2. The average molecular weight is 311 g/mol. The van der Waals surface area contributed by atoms with Crippen LogP contribution < -0.4 is 14.8 Å². The van der Waals surface area contributed by atoms with Gasteiger partial charge in [0.15, 0.2) is 0 Å². The van der Waals surface area contributed by atoms with E-state index in [1.807, 2.05) is 6.07 Å². The van der Waals surface area contributed by atoms with Crippen LogP contribution in [-0.2, 0) is 6.42 Å². The number of methoxy groups -OCH3 is 1. The van der Waals surface area contributed by atoms with Crippen LogP contribution in [0.3, 0.4) is 0 Å². The topological polar surface area (TPSA) is 30.5 Å². The van der Waals surface area contributed by atoms with Gasteiger partial charge >= 0.3 is 0 Å². The molecule has 122 valence electrons. The molecule has 1 N–H and O–H groups in total. The Labute approximate surface area is 138 Å². The van der Waals surface area contributed by atoms with E-state index in [0.29, 0.717) is 5.92 Å². The first kappa shape index (κ1) is 15.9. The molecule has 23 heavy (non-hydrogen) atoms. The Hall–Kier alpha value is -2.00. The van der Waals surface area contributed by atoms with Crippen LogP contribution in [0.25, 0.3) is 0 Å². The maximum absolute atomic E-state index is 5.77. The molecule has 1 unspecified atom stereocenters. The van der Waals surface area contributed by atoms with Gasteiger partial charge in [0.1, 0.15) is 11.5 Å². The van der Waals surface area contributed by atoms with Crippen molar-refractivity contribution in [1.82, 2.24) is 5.32 Å². The van der Waals surface area contributed by atoms with Crippen LogP contribution in [-0.4, -0.2) is 20.3 Å². The third kappa shape index (κ3) is 3.67.